The van der Waals surface area contributed by atoms with E-state index in [-0.39, 0.29) is 11.0 Å². The maximum Gasteiger partial charge on any atom is 0.0518 e. The number of anilines is 2. The van der Waals surface area contributed by atoms with Crippen LogP contribution in [0.15, 0.2) is 200 Å². The van der Waals surface area contributed by atoms with Gasteiger partial charge in [-0.2, -0.15) is 0 Å². The lowest BCUT2D eigenvalue weighted by Gasteiger charge is -2.50. The van der Waals surface area contributed by atoms with Crippen molar-refractivity contribution in [2.75, 3.05) is 4.90 Å². The lowest BCUT2D eigenvalue weighted by molar-refractivity contribution is 0.195. The number of fused-ring (bicyclic) bond motifs is 5. The fraction of sp³-hybridized carbons (Fsp3) is 0.129. The summed E-state index contributed by atoms with van der Waals surface area (Å²) in [5.74, 6) is 0. The largest absolute Gasteiger partial charge is 0.334 e. The topological polar surface area (TPSA) is 3.24 Å². The number of nitrogens with zero attached hydrogens (tertiary/aromatic N) is 1. The summed E-state index contributed by atoms with van der Waals surface area (Å²) in [6.07, 6.45) is 4.83. The summed E-state index contributed by atoms with van der Waals surface area (Å²) < 4.78 is 0. The number of hydrogen-bond acceptors (Lipinski definition) is 1. The van der Waals surface area contributed by atoms with Crippen LogP contribution in [-0.2, 0) is 5.41 Å². The van der Waals surface area contributed by atoms with Gasteiger partial charge >= 0.3 is 0 Å². The maximum absolute atomic E-state index is 2.74. The summed E-state index contributed by atoms with van der Waals surface area (Å²) in [6, 6.07) is 75.6. The van der Waals surface area contributed by atoms with Crippen LogP contribution in [0.1, 0.15) is 45.1 Å². The summed E-state index contributed by atoms with van der Waals surface area (Å²) in [5, 5.41) is 13.0. The van der Waals surface area contributed by atoms with Crippen molar-refractivity contribution in [3.8, 4) is 44.5 Å². The van der Waals surface area contributed by atoms with Gasteiger partial charge in [0.05, 0.1) is 5.54 Å². The monoisotopic (exact) mass is 805 g/mol. The van der Waals surface area contributed by atoms with E-state index in [4.69, 9.17) is 0 Å². The molecule has 11 aromatic rings. The highest BCUT2D eigenvalue weighted by Gasteiger charge is 2.57. The molecule has 2 aliphatic rings. The first-order valence-corrected chi connectivity index (χ1v) is 22.8. The number of rotatable bonds is 5. The van der Waals surface area contributed by atoms with Crippen LogP contribution in [0.3, 0.4) is 0 Å². The fourth-order valence-corrected chi connectivity index (χ4v) is 12.3. The summed E-state index contributed by atoms with van der Waals surface area (Å²) in [6.45, 7) is 5.12. The molecule has 1 heteroatoms. The molecule has 0 amide bonds. The first-order chi connectivity index (χ1) is 31.0. The van der Waals surface area contributed by atoms with Crippen molar-refractivity contribution < 1.29 is 0 Å². The van der Waals surface area contributed by atoms with Gasteiger partial charge in [0.1, 0.15) is 0 Å². The van der Waals surface area contributed by atoms with E-state index in [1.165, 1.54) is 135 Å². The second-order valence-electron chi connectivity index (χ2n) is 18.7. The minimum atomic E-state index is -0.0555. The molecule has 1 heterocycles. The Morgan fingerprint density at radius 2 is 0.857 bits per heavy atom. The van der Waals surface area contributed by atoms with Gasteiger partial charge in [0.25, 0.3) is 0 Å². The molecule has 2 unspecified atom stereocenters. The second kappa shape index (κ2) is 13.6. The lowest BCUT2D eigenvalue weighted by atomic mass is 9.61. The molecule has 1 aliphatic heterocycles. The zero-order chi connectivity index (χ0) is 41.9. The van der Waals surface area contributed by atoms with Gasteiger partial charge in [0.15, 0.2) is 0 Å². The van der Waals surface area contributed by atoms with E-state index < -0.39 is 0 Å². The van der Waals surface area contributed by atoms with Crippen LogP contribution in [0.2, 0.25) is 0 Å². The van der Waals surface area contributed by atoms with Crippen LogP contribution in [0.5, 0.6) is 0 Å². The van der Waals surface area contributed by atoms with Crippen LogP contribution in [-0.4, -0.2) is 5.54 Å². The Morgan fingerprint density at radius 1 is 0.349 bits per heavy atom. The average molecular weight is 806 g/mol. The molecule has 1 aliphatic carbocycles. The zero-order valence-corrected chi connectivity index (χ0v) is 35.8. The third kappa shape index (κ3) is 5.17. The van der Waals surface area contributed by atoms with Crippen molar-refractivity contribution in [1.29, 1.82) is 0 Å². The van der Waals surface area contributed by atoms with E-state index in [0.29, 0.717) is 0 Å². The van der Waals surface area contributed by atoms with Gasteiger partial charge in [-0.25, -0.2) is 0 Å². The number of hydrogen-bond donors (Lipinski definition) is 0. The van der Waals surface area contributed by atoms with Crippen LogP contribution >= 0.6 is 0 Å². The molecule has 13 rings (SSSR count). The molecule has 0 saturated heterocycles. The van der Waals surface area contributed by atoms with Gasteiger partial charge in [-0.3, -0.25) is 0 Å². The van der Waals surface area contributed by atoms with E-state index in [0.717, 1.165) is 6.42 Å². The third-order valence-corrected chi connectivity index (χ3v) is 15.6. The van der Waals surface area contributed by atoms with Crippen molar-refractivity contribution in [3.63, 3.8) is 0 Å². The molecular weight excluding hydrogens is 759 g/mol. The maximum atomic E-state index is 2.74. The van der Waals surface area contributed by atoms with Crippen molar-refractivity contribution >= 4 is 65.2 Å². The second-order valence-corrected chi connectivity index (χ2v) is 18.7. The molecule has 1 saturated carbocycles. The Bertz CT molecular complexity index is 3590. The normalized spacial score (nSPS) is 18.5. The summed E-state index contributed by atoms with van der Waals surface area (Å²) >= 11 is 0. The van der Waals surface area contributed by atoms with Crippen LogP contribution < -0.4 is 4.90 Å². The summed E-state index contributed by atoms with van der Waals surface area (Å²) in [4.78, 5) is 2.74. The lowest BCUT2D eigenvalue weighted by Crippen LogP contribution is -2.54. The van der Waals surface area contributed by atoms with E-state index in [9.17, 15) is 0 Å². The zero-order valence-electron chi connectivity index (χ0n) is 35.8. The van der Waals surface area contributed by atoms with Crippen LogP contribution in [0, 0.1) is 0 Å². The van der Waals surface area contributed by atoms with Crippen LogP contribution in [0.25, 0.3) is 98.4 Å². The predicted octanol–water partition coefficient (Wildman–Crippen LogP) is 17.3. The van der Waals surface area contributed by atoms with Gasteiger partial charge in [-0.05, 0) is 149 Å². The van der Waals surface area contributed by atoms with E-state index in [1.54, 1.807) is 0 Å². The molecule has 300 valence electrons. The predicted molar refractivity (Wildman–Crippen MR) is 270 cm³/mol. The quantitative estimate of drug-likeness (QED) is 0.157. The minimum Gasteiger partial charge on any atom is -0.334 e. The molecule has 0 N–H and O–H groups in total. The molecule has 0 aromatic heterocycles. The van der Waals surface area contributed by atoms with Crippen molar-refractivity contribution in [2.24, 2.45) is 0 Å². The highest BCUT2D eigenvalue weighted by atomic mass is 15.3. The SMILES string of the molecule is CC12CCCCC1(C)N(c1cccc3ccccc13)c1ccc(-c3cc(-c4ccccc4)c4ccc5c(-c6cccc7ccccc67)cc(-c6ccccc6)c6ccc3c4c65)cc12. The molecule has 63 heavy (non-hydrogen) atoms. The van der Waals surface area contributed by atoms with E-state index >= 15 is 0 Å². The fourth-order valence-electron chi connectivity index (χ4n) is 12.3. The molecule has 0 spiro atoms. The smallest absolute Gasteiger partial charge is 0.0518 e. The van der Waals surface area contributed by atoms with Gasteiger partial charge in [0.2, 0.25) is 0 Å². The van der Waals surface area contributed by atoms with Crippen molar-refractivity contribution in [2.45, 2.75) is 50.5 Å². The van der Waals surface area contributed by atoms with Gasteiger partial charge in [-0.15, -0.1) is 0 Å². The Balaban J connectivity index is 1.12. The standard InChI is InChI=1S/C62H47N/c1-61-35-13-14-36-62(61,2)63(57-28-16-24-41-22-10-12-26-46(41)57)58-34-29-44(37-56(58)61)54-38-52(42-17-5-3-6-18-42)48-32-33-51-55(47-27-15-23-40-21-9-11-25-45(40)47)39-53(43-19-7-4-8-20-43)49-30-31-50(54)59(48)60(49)51/h3-12,15-34,37-39H,13-14,35-36H2,1-2H3. The third-order valence-electron chi connectivity index (χ3n) is 15.6. The molecule has 1 fully saturated rings. The van der Waals surface area contributed by atoms with Crippen LogP contribution in [0.4, 0.5) is 11.4 Å². The van der Waals surface area contributed by atoms with Gasteiger partial charge in [0, 0.05) is 22.2 Å². The Labute approximate surface area is 369 Å². The molecule has 1 nitrogen and oxygen atoms in total. The highest BCUT2D eigenvalue weighted by Crippen LogP contribution is 2.62. The molecular formula is C62H47N. The van der Waals surface area contributed by atoms with Crippen molar-refractivity contribution in [1.82, 2.24) is 0 Å². The Morgan fingerprint density at radius 3 is 1.52 bits per heavy atom. The number of benzene rings is 11. The van der Waals surface area contributed by atoms with Gasteiger partial charge < -0.3 is 4.90 Å². The molecule has 2 atom stereocenters. The van der Waals surface area contributed by atoms with Gasteiger partial charge in [-0.1, -0.05) is 190 Å². The Kier molecular flexibility index (Phi) is 7.89. The average Bonchev–Trinajstić information content (AvgIpc) is 3.55. The summed E-state index contributed by atoms with van der Waals surface area (Å²) in [5.41, 5.74) is 14.2. The molecule has 0 radical (unpaired) electrons. The van der Waals surface area contributed by atoms with E-state index in [2.05, 4.69) is 219 Å². The molecule has 0 bridgehead atoms. The first kappa shape index (κ1) is 36.4. The Hall–Kier alpha value is -7.22. The van der Waals surface area contributed by atoms with Crippen molar-refractivity contribution in [3.05, 3.63) is 206 Å². The highest BCUT2D eigenvalue weighted by molar-refractivity contribution is 6.32. The van der Waals surface area contributed by atoms with E-state index in [1.807, 2.05) is 0 Å². The first-order valence-electron chi connectivity index (χ1n) is 22.8. The summed E-state index contributed by atoms with van der Waals surface area (Å²) in [7, 11) is 0. The molecule has 11 aromatic carbocycles. The minimum absolute atomic E-state index is 0.0163.